The van der Waals surface area contributed by atoms with Crippen molar-refractivity contribution in [2.75, 3.05) is 12.9 Å². The molecule has 32 heavy (non-hydrogen) atoms. The van der Waals surface area contributed by atoms with Crippen molar-refractivity contribution in [3.05, 3.63) is 76.0 Å². The number of aromatic nitrogens is 2. The van der Waals surface area contributed by atoms with Gasteiger partial charge in [0.15, 0.2) is 5.16 Å². The zero-order valence-corrected chi connectivity index (χ0v) is 19.3. The molecule has 1 atom stereocenters. The van der Waals surface area contributed by atoms with E-state index in [9.17, 15) is 14.0 Å². The van der Waals surface area contributed by atoms with Crippen LogP contribution < -0.4 is 15.6 Å². The molecular weight excluding hydrogens is 449 g/mol. The number of amides is 1. The van der Waals surface area contributed by atoms with Gasteiger partial charge in [0.25, 0.3) is 5.56 Å². The van der Waals surface area contributed by atoms with Crippen LogP contribution in [0.5, 0.6) is 5.75 Å². The average molecular weight is 472 g/mol. The molecule has 0 fully saturated rings. The normalized spacial score (nSPS) is 14.8. The van der Waals surface area contributed by atoms with Crippen LogP contribution in [0.1, 0.15) is 18.2 Å². The third kappa shape index (κ3) is 4.99. The lowest BCUT2D eigenvalue weighted by Crippen LogP contribution is -2.27. The molecule has 0 aliphatic carbocycles. The number of nitrogens with zero attached hydrogens (tertiary/aromatic N) is 2. The topological polar surface area (TPSA) is 73.2 Å². The van der Waals surface area contributed by atoms with Gasteiger partial charge in [-0.2, -0.15) is 0 Å². The lowest BCUT2D eigenvalue weighted by Gasteiger charge is -2.14. The van der Waals surface area contributed by atoms with Gasteiger partial charge >= 0.3 is 0 Å². The Morgan fingerprint density at radius 1 is 1.25 bits per heavy atom. The molecular formula is C23H22FN3O3S2. The fourth-order valence-corrected chi connectivity index (χ4v) is 5.29. The Kier molecular flexibility index (Phi) is 6.86. The number of carbonyl (C=O) groups excluding carboxylic acids is 1. The largest absolute Gasteiger partial charge is 0.497 e. The zero-order valence-electron chi connectivity index (χ0n) is 17.6. The second-order valence-corrected chi connectivity index (χ2v) is 9.72. The van der Waals surface area contributed by atoms with Crippen molar-refractivity contribution in [2.24, 2.45) is 0 Å². The molecule has 9 heteroatoms. The molecule has 0 radical (unpaired) electrons. The molecule has 1 N–H and O–H groups in total. The molecule has 0 bridgehead atoms. The summed E-state index contributed by atoms with van der Waals surface area (Å²) >= 11 is 2.76. The summed E-state index contributed by atoms with van der Waals surface area (Å²) in [5.41, 5.74) is 2.14. The van der Waals surface area contributed by atoms with Crippen LogP contribution >= 0.6 is 23.5 Å². The number of hydrogen-bond acceptors (Lipinski definition) is 6. The number of hydrogen-bond donors (Lipinski definition) is 1. The van der Waals surface area contributed by atoms with Crippen molar-refractivity contribution in [3.8, 4) is 11.4 Å². The van der Waals surface area contributed by atoms with Gasteiger partial charge in [0.2, 0.25) is 5.91 Å². The Morgan fingerprint density at radius 3 is 2.66 bits per heavy atom. The van der Waals surface area contributed by atoms with Gasteiger partial charge in [-0.1, -0.05) is 30.8 Å². The molecule has 3 aromatic rings. The lowest BCUT2D eigenvalue weighted by molar-refractivity contribution is -0.118. The Bertz CT molecular complexity index is 1180. The first-order valence-electron chi connectivity index (χ1n) is 10.1. The Labute approximate surface area is 193 Å². The van der Waals surface area contributed by atoms with E-state index in [-0.39, 0.29) is 28.3 Å². The minimum Gasteiger partial charge on any atom is -0.497 e. The van der Waals surface area contributed by atoms with Crippen molar-refractivity contribution in [1.29, 1.82) is 0 Å². The molecule has 0 spiro atoms. The Morgan fingerprint density at radius 2 is 1.97 bits per heavy atom. The van der Waals surface area contributed by atoms with Crippen LogP contribution in [0.3, 0.4) is 0 Å². The van der Waals surface area contributed by atoms with Gasteiger partial charge in [0.05, 0.1) is 29.1 Å². The summed E-state index contributed by atoms with van der Waals surface area (Å²) in [4.78, 5) is 31.1. The van der Waals surface area contributed by atoms with Crippen molar-refractivity contribution in [2.45, 2.75) is 35.2 Å². The number of benzene rings is 2. The molecule has 1 aromatic heterocycles. The van der Waals surface area contributed by atoms with Crippen LogP contribution in [0.2, 0.25) is 0 Å². The van der Waals surface area contributed by atoms with Gasteiger partial charge in [-0.15, -0.1) is 11.8 Å². The molecule has 2 aromatic carbocycles. The third-order valence-corrected chi connectivity index (χ3v) is 7.10. The van der Waals surface area contributed by atoms with E-state index in [1.54, 1.807) is 48.1 Å². The predicted octanol–water partition coefficient (Wildman–Crippen LogP) is 3.83. The van der Waals surface area contributed by atoms with Crippen LogP contribution in [0, 0.1) is 5.82 Å². The van der Waals surface area contributed by atoms with Crippen molar-refractivity contribution in [3.63, 3.8) is 0 Å². The third-order valence-electron chi connectivity index (χ3n) is 4.95. The molecule has 4 rings (SSSR count). The van der Waals surface area contributed by atoms with Crippen molar-refractivity contribution in [1.82, 2.24) is 14.9 Å². The van der Waals surface area contributed by atoms with Crippen LogP contribution in [0.25, 0.3) is 5.69 Å². The van der Waals surface area contributed by atoms with E-state index in [4.69, 9.17) is 9.72 Å². The van der Waals surface area contributed by atoms with E-state index in [2.05, 4.69) is 12.2 Å². The summed E-state index contributed by atoms with van der Waals surface area (Å²) in [5.74, 6) is 0.277. The fraction of sp³-hybridized carbons (Fsp3) is 0.261. The van der Waals surface area contributed by atoms with E-state index in [1.807, 2.05) is 0 Å². The molecule has 0 saturated carbocycles. The number of rotatable bonds is 7. The monoisotopic (exact) mass is 471 g/mol. The summed E-state index contributed by atoms with van der Waals surface area (Å²) in [6.07, 6.45) is 0.725. The van der Waals surface area contributed by atoms with E-state index >= 15 is 0 Å². The fourth-order valence-electron chi connectivity index (χ4n) is 3.34. The summed E-state index contributed by atoms with van der Waals surface area (Å²) in [5, 5.41) is 3.58. The van der Waals surface area contributed by atoms with Gasteiger partial charge in [-0.05, 0) is 42.0 Å². The zero-order chi connectivity index (χ0) is 22.7. The summed E-state index contributed by atoms with van der Waals surface area (Å²) in [6.45, 7) is 2.37. The molecule has 6 nitrogen and oxygen atoms in total. The number of nitrogens with one attached hydrogen (secondary N) is 1. The standard InChI is InChI=1S/C23H22FN3O3S2/c1-14-11-19-21(32-14)22(29)27(17-7-9-18(30-2)10-8-17)23(26-19)31-13-20(28)25-12-15-3-5-16(24)6-4-15/h3-10,14H,11-13H2,1-2H3,(H,25,28). The van der Waals surface area contributed by atoms with E-state index < -0.39 is 0 Å². The van der Waals surface area contributed by atoms with Crippen molar-refractivity contribution < 1.29 is 13.9 Å². The molecule has 1 unspecified atom stereocenters. The first kappa shape index (κ1) is 22.4. The number of carbonyl (C=O) groups is 1. The SMILES string of the molecule is COc1ccc(-n2c(SCC(=O)NCc3ccc(F)cc3)nc3c(c2=O)SC(C)C3)cc1. The van der Waals surface area contributed by atoms with Gasteiger partial charge in [-0.3, -0.25) is 14.2 Å². The highest BCUT2D eigenvalue weighted by Gasteiger charge is 2.27. The van der Waals surface area contributed by atoms with Gasteiger partial charge < -0.3 is 10.1 Å². The second-order valence-electron chi connectivity index (χ2n) is 7.33. The molecule has 166 valence electrons. The number of ether oxygens (including phenoxy) is 1. The first-order valence-corrected chi connectivity index (χ1v) is 11.9. The first-order chi connectivity index (χ1) is 15.4. The highest BCUT2D eigenvalue weighted by atomic mass is 32.2. The van der Waals surface area contributed by atoms with Crippen molar-refractivity contribution >= 4 is 29.4 Å². The molecule has 1 amide bonds. The maximum Gasteiger partial charge on any atom is 0.272 e. The highest BCUT2D eigenvalue weighted by molar-refractivity contribution is 8.00. The summed E-state index contributed by atoms with van der Waals surface area (Å²) in [6, 6.07) is 13.2. The van der Waals surface area contributed by atoms with E-state index in [0.717, 1.165) is 17.7 Å². The number of methoxy groups -OCH3 is 1. The molecule has 0 saturated heterocycles. The Hall–Kier alpha value is -2.78. The molecule has 2 heterocycles. The quantitative estimate of drug-likeness (QED) is 0.417. The number of thioether (sulfide) groups is 2. The summed E-state index contributed by atoms with van der Waals surface area (Å²) in [7, 11) is 1.59. The average Bonchev–Trinajstić information content (AvgIpc) is 3.18. The van der Waals surface area contributed by atoms with Crippen LogP contribution in [-0.4, -0.2) is 33.6 Å². The smallest absolute Gasteiger partial charge is 0.272 e. The van der Waals surface area contributed by atoms with E-state index in [1.165, 1.54) is 35.7 Å². The second kappa shape index (κ2) is 9.79. The lowest BCUT2D eigenvalue weighted by atomic mass is 10.2. The van der Waals surface area contributed by atoms with Gasteiger partial charge in [0, 0.05) is 18.2 Å². The maximum atomic E-state index is 13.3. The molecule has 1 aliphatic rings. The summed E-state index contributed by atoms with van der Waals surface area (Å²) < 4.78 is 19.8. The minimum atomic E-state index is -0.317. The Balaban J connectivity index is 1.55. The maximum absolute atomic E-state index is 13.3. The predicted molar refractivity (Wildman–Crippen MR) is 124 cm³/mol. The van der Waals surface area contributed by atoms with Crippen LogP contribution in [-0.2, 0) is 17.8 Å². The number of halogens is 1. The van der Waals surface area contributed by atoms with Gasteiger partial charge in [-0.25, -0.2) is 9.37 Å². The highest BCUT2D eigenvalue weighted by Crippen LogP contribution is 2.35. The molecule has 1 aliphatic heterocycles. The van der Waals surface area contributed by atoms with Gasteiger partial charge in [0.1, 0.15) is 11.6 Å². The number of fused-ring (bicyclic) bond motifs is 1. The van der Waals surface area contributed by atoms with Crippen LogP contribution in [0.4, 0.5) is 4.39 Å². The minimum absolute atomic E-state index is 0.102. The van der Waals surface area contributed by atoms with Crippen LogP contribution in [0.15, 0.2) is 63.4 Å². The van der Waals surface area contributed by atoms with E-state index in [0.29, 0.717) is 28.0 Å².